The Morgan fingerprint density at radius 2 is 2.00 bits per heavy atom. The average Bonchev–Trinajstić information content (AvgIpc) is 2.29. The van der Waals surface area contributed by atoms with Gasteiger partial charge in [0, 0.05) is 13.0 Å². The maximum Gasteiger partial charge on any atom is 0.332 e. The zero-order valence-electron chi connectivity index (χ0n) is 10.2. The lowest BCUT2D eigenvalue weighted by molar-refractivity contribution is 0.249. The van der Waals surface area contributed by atoms with Crippen LogP contribution in [0.1, 0.15) is 12.0 Å². The number of nitrogens with two attached hydrogens (primary N) is 1. The van der Waals surface area contributed by atoms with Crippen molar-refractivity contribution >= 4 is 11.7 Å². The smallest absolute Gasteiger partial charge is 0.332 e. The first-order chi connectivity index (χ1) is 8.09. The summed E-state index contributed by atoms with van der Waals surface area (Å²) in [5.74, 6) is 0. The molecule has 1 aromatic carbocycles. The molecule has 0 aliphatic heterocycles. The molecule has 92 valence electrons. The quantitative estimate of drug-likeness (QED) is 0.589. The van der Waals surface area contributed by atoms with Crippen LogP contribution in [-0.2, 0) is 0 Å². The van der Waals surface area contributed by atoms with Crippen LogP contribution < -0.4 is 11.2 Å². The lowest BCUT2D eigenvalue weighted by Crippen LogP contribution is -2.27. The van der Waals surface area contributed by atoms with Gasteiger partial charge in [-0.15, -0.1) is 0 Å². The average molecular weight is 234 g/mol. The Hall–Kier alpha value is -1.88. The van der Waals surface area contributed by atoms with E-state index in [0.29, 0.717) is 0 Å². The number of hydrazone groups is 1. The van der Waals surface area contributed by atoms with E-state index in [1.807, 2.05) is 44.4 Å². The minimum Gasteiger partial charge on any atom is -0.350 e. The third kappa shape index (κ3) is 5.12. The number of primary amides is 1. The van der Waals surface area contributed by atoms with Crippen molar-refractivity contribution in [2.45, 2.75) is 6.42 Å². The monoisotopic (exact) mass is 234 g/mol. The van der Waals surface area contributed by atoms with Crippen LogP contribution in [0.25, 0.3) is 0 Å². The molecule has 0 aliphatic rings. The zero-order chi connectivity index (χ0) is 12.7. The van der Waals surface area contributed by atoms with Crippen LogP contribution in [-0.4, -0.2) is 37.3 Å². The van der Waals surface area contributed by atoms with Crippen molar-refractivity contribution in [1.82, 2.24) is 10.3 Å². The molecule has 0 saturated heterocycles. The van der Waals surface area contributed by atoms with Gasteiger partial charge in [-0.1, -0.05) is 30.3 Å². The Kier molecular flexibility index (Phi) is 5.16. The number of hydrogen-bond donors (Lipinski definition) is 2. The molecule has 0 bridgehead atoms. The van der Waals surface area contributed by atoms with Crippen molar-refractivity contribution in [3.8, 4) is 0 Å². The Labute approximate surface area is 101 Å². The van der Waals surface area contributed by atoms with Crippen LogP contribution >= 0.6 is 0 Å². The zero-order valence-corrected chi connectivity index (χ0v) is 10.2. The van der Waals surface area contributed by atoms with Crippen molar-refractivity contribution in [3.63, 3.8) is 0 Å². The fourth-order valence-electron chi connectivity index (χ4n) is 1.35. The van der Waals surface area contributed by atoms with Crippen LogP contribution in [0.5, 0.6) is 0 Å². The number of rotatable bonds is 5. The summed E-state index contributed by atoms with van der Waals surface area (Å²) in [5.41, 5.74) is 9.09. The van der Waals surface area contributed by atoms with Gasteiger partial charge in [0.15, 0.2) is 0 Å². The van der Waals surface area contributed by atoms with Crippen molar-refractivity contribution in [2.75, 3.05) is 20.6 Å². The largest absolute Gasteiger partial charge is 0.350 e. The second kappa shape index (κ2) is 6.65. The molecule has 3 N–H and O–H groups in total. The van der Waals surface area contributed by atoms with Crippen molar-refractivity contribution in [3.05, 3.63) is 35.9 Å². The first-order valence-electron chi connectivity index (χ1n) is 5.41. The third-order valence-electron chi connectivity index (χ3n) is 2.20. The van der Waals surface area contributed by atoms with Gasteiger partial charge in [-0.05, 0) is 19.7 Å². The summed E-state index contributed by atoms with van der Waals surface area (Å²) in [6.45, 7) is 0.855. The lowest BCUT2D eigenvalue weighted by atomic mass is 10.1. The number of hydrogen-bond acceptors (Lipinski definition) is 3. The van der Waals surface area contributed by atoms with Crippen molar-refractivity contribution in [1.29, 1.82) is 0 Å². The maximum atomic E-state index is 10.7. The third-order valence-corrected chi connectivity index (χ3v) is 2.20. The molecule has 1 rings (SSSR count). The number of carbonyl (C=O) groups excluding carboxylic acids is 1. The molecule has 0 aromatic heterocycles. The van der Waals surface area contributed by atoms with E-state index in [-0.39, 0.29) is 0 Å². The van der Waals surface area contributed by atoms with Gasteiger partial charge in [-0.25, -0.2) is 10.2 Å². The molecule has 0 saturated carbocycles. The SMILES string of the molecule is CN(C)CC/C(=N\NC(N)=O)c1ccccc1. The summed E-state index contributed by atoms with van der Waals surface area (Å²) in [5, 5.41) is 4.03. The van der Waals surface area contributed by atoms with Gasteiger partial charge in [0.2, 0.25) is 0 Å². The molecule has 0 heterocycles. The van der Waals surface area contributed by atoms with E-state index in [2.05, 4.69) is 15.4 Å². The number of benzene rings is 1. The predicted octanol–water partition coefficient (Wildman–Crippen LogP) is 1.01. The van der Waals surface area contributed by atoms with E-state index in [9.17, 15) is 4.79 Å². The Bertz CT molecular complexity index is 387. The highest BCUT2D eigenvalue weighted by Crippen LogP contribution is 2.04. The van der Waals surface area contributed by atoms with Gasteiger partial charge in [0.25, 0.3) is 0 Å². The Balaban J connectivity index is 2.79. The van der Waals surface area contributed by atoms with E-state index in [4.69, 9.17) is 5.73 Å². The summed E-state index contributed by atoms with van der Waals surface area (Å²) >= 11 is 0. The molecule has 5 nitrogen and oxygen atoms in total. The molecule has 2 amide bonds. The summed E-state index contributed by atoms with van der Waals surface area (Å²) < 4.78 is 0. The Morgan fingerprint density at radius 3 is 2.53 bits per heavy atom. The molecule has 0 radical (unpaired) electrons. The van der Waals surface area contributed by atoms with Gasteiger partial charge in [0.1, 0.15) is 0 Å². The van der Waals surface area contributed by atoms with Gasteiger partial charge >= 0.3 is 6.03 Å². The fraction of sp³-hybridized carbons (Fsp3) is 0.333. The van der Waals surface area contributed by atoms with Gasteiger partial charge in [0.05, 0.1) is 5.71 Å². The molecule has 1 aromatic rings. The van der Waals surface area contributed by atoms with E-state index in [1.165, 1.54) is 0 Å². The minimum absolute atomic E-state index is 0.650. The van der Waals surface area contributed by atoms with Crippen molar-refractivity contribution < 1.29 is 4.79 Å². The van der Waals surface area contributed by atoms with Crippen LogP contribution in [0.2, 0.25) is 0 Å². The highest BCUT2D eigenvalue weighted by molar-refractivity contribution is 6.01. The summed E-state index contributed by atoms with van der Waals surface area (Å²) in [4.78, 5) is 12.7. The van der Waals surface area contributed by atoms with E-state index >= 15 is 0 Å². The number of nitrogens with one attached hydrogen (secondary N) is 1. The fourth-order valence-corrected chi connectivity index (χ4v) is 1.35. The van der Waals surface area contributed by atoms with Gasteiger partial charge in [-0.3, -0.25) is 0 Å². The summed E-state index contributed by atoms with van der Waals surface area (Å²) in [6, 6.07) is 9.07. The molecule has 17 heavy (non-hydrogen) atoms. The van der Waals surface area contributed by atoms with E-state index in [1.54, 1.807) is 0 Å². The van der Waals surface area contributed by atoms with Crippen molar-refractivity contribution in [2.24, 2.45) is 10.8 Å². The molecule has 0 atom stereocenters. The molecular weight excluding hydrogens is 216 g/mol. The number of amides is 2. The second-order valence-corrected chi connectivity index (χ2v) is 3.95. The second-order valence-electron chi connectivity index (χ2n) is 3.95. The molecule has 0 fully saturated rings. The van der Waals surface area contributed by atoms with Gasteiger partial charge < -0.3 is 10.6 Å². The van der Waals surface area contributed by atoms with Gasteiger partial charge in [-0.2, -0.15) is 5.10 Å². The summed E-state index contributed by atoms with van der Waals surface area (Å²) in [7, 11) is 3.98. The number of carbonyl (C=O) groups is 1. The molecular formula is C12H18N4O. The lowest BCUT2D eigenvalue weighted by Gasteiger charge is -2.11. The number of urea groups is 1. The van der Waals surface area contributed by atoms with Crippen LogP contribution in [0.15, 0.2) is 35.4 Å². The van der Waals surface area contributed by atoms with Crippen LogP contribution in [0, 0.1) is 0 Å². The molecule has 0 unspecified atom stereocenters. The molecule has 5 heteroatoms. The highest BCUT2D eigenvalue weighted by atomic mass is 16.2. The first kappa shape index (κ1) is 13.2. The van der Waals surface area contributed by atoms with Crippen LogP contribution in [0.3, 0.4) is 0 Å². The topological polar surface area (TPSA) is 70.7 Å². The van der Waals surface area contributed by atoms with E-state index < -0.39 is 6.03 Å². The summed E-state index contributed by atoms with van der Waals surface area (Å²) in [6.07, 6.45) is 0.747. The standard InChI is InChI=1S/C12H18N4O/c1-16(2)9-8-11(14-15-12(13)17)10-6-4-3-5-7-10/h3-7H,8-9H2,1-2H3,(H3,13,15,17)/b14-11+. The Morgan fingerprint density at radius 1 is 1.35 bits per heavy atom. The minimum atomic E-state index is -0.650. The number of nitrogens with zero attached hydrogens (tertiary/aromatic N) is 2. The first-order valence-corrected chi connectivity index (χ1v) is 5.41. The normalized spacial score (nSPS) is 11.6. The van der Waals surface area contributed by atoms with Crippen LogP contribution in [0.4, 0.5) is 4.79 Å². The molecule has 0 spiro atoms. The predicted molar refractivity (Wildman–Crippen MR) is 68.9 cm³/mol. The molecule has 0 aliphatic carbocycles. The van der Waals surface area contributed by atoms with E-state index in [0.717, 1.165) is 24.2 Å². The maximum absolute atomic E-state index is 10.7. The highest BCUT2D eigenvalue weighted by Gasteiger charge is 2.04.